The average molecular weight is 287 g/mol. The number of aromatic nitrogens is 1. The van der Waals surface area contributed by atoms with Gasteiger partial charge in [0, 0.05) is 25.3 Å². The first-order valence-corrected chi connectivity index (χ1v) is 6.35. The minimum atomic E-state index is -4.50. The van der Waals surface area contributed by atoms with Gasteiger partial charge in [0.25, 0.3) is 5.91 Å². The molecule has 1 aromatic rings. The second-order valence-electron chi connectivity index (χ2n) is 5.24. The summed E-state index contributed by atoms with van der Waals surface area (Å²) in [7, 11) is 0. The summed E-state index contributed by atoms with van der Waals surface area (Å²) in [5.74, 6) is -0.0432. The number of hydrogen-bond acceptors (Lipinski definition) is 3. The van der Waals surface area contributed by atoms with E-state index in [1.165, 1.54) is 0 Å². The molecule has 1 saturated heterocycles. The number of carbonyl (C=O) groups excluding carboxylic acids is 1. The van der Waals surface area contributed by atoms with Crippen LogP contribution >= 0.6 is 0 Å². The molecule has 1 amide bonds. The Hall–Kier alpha value is -1.63. The summed E-state index contributed by atoms with van der Waals surface area (Å²) in [5.41, 5.74) is 5.00. The lowest BCUT2D eigenvalue weighted by Gasteiger charge is -2.34. The number of rotatable bonds is 1. The molecule has 1 fully saturated rings. The molecule has 2 heterocycles. The monoisotopic (exact) mass is 287 g/mol. The smallest absolute Gasteiger partial charge is 0.337 e. The van der Waals surface area contributed by atoms with Crippen molar-refractivity contribution in [1.29, 1.82) is 0 Å². The van der Waals surface area contributed by atoms with Crippen molar-refractivity contribution in [3.8, 4) is 0 Å². The van der Waals surface area contributed by atoms with Gasteiger partial charge in [-0.1, -0.05) is 6.92 Å². The first-order chi connectivity index (χ1) is 9.27. The third-order valence-corrected chi connectivity index (χ3v) is 3.28. The first-order valence-electron chi connectivity index (χ1n) is 6.35. The highest BCUT2D eigenvalue weighted by atomic mass is 19.4. The van der Waals surface area contributed by atoms with Crippen molar-refractivity contribution in [2.45, 2.75) is 25.6 Å². The van der Waals surface area contributed by atoms with E-state index in [1.807, 2.05) is 6.92 Å². The van der Waals surface area contributed by atoms with Gasteiger partial charge in [0.1, 0.15) is 5.69 Å². The number of amides is 1. The maximum absolute atomic E-state index is 12.4. The van der Waals surface area contributed by atoms with Crippen LogP contribution in [0.15, 0.2) is 18.3 Å². The highest BCUT2D eigenvalue weighted by molar-refractivity contribution is 5.94. The molecule has 20 heavy (non-hydrogen) atoms. The number of alkyl halides is 3. The molecule has 2 rings (SSSR count). The number of likely N-dealkylation sites (tertiary alicyclic amines) is 1. The quantitative estimate of drug-likeness (QED) is 0.858. The Bertz CT molecular complexity index is 477. The van der Waals surface area contributed by atoms with Crippen LogP contribution < -0.4 is 5.73 Å². The lowest BCUT2D eigenvalue weighted by Crippen LogP contribution is -2.48. The number of nitrogens with zero attached hydrogens (tertiary/aromatic N) is 2. The van der Waals surface area contributed by atoms with E-state index in [9.17, 15) is 18.0 Å². The summed E-state index contributed by atoms with van der Waals surface area (Å²) < 4.78 is 37.2. The first kappa shape index (κ1) is 14.8. The zero-order valence-corrected chi connectivity index (χ0v) is 11.0. The van der Waals surface area contributed by atoms with E-state index >= 15 is 0 Å². The molecule has 1 aliphatic heterocycles. The number of piperidine rings is 1. The Morgan fingerprint density at radius 3 is 2.60 bits per heavy atom. The van der Waals surface area contributed by atoms with Gasteiger partial charge in [-0.2, -0.15) is 13.2 Å². The van der Waals surface area contributed by atoms with Gasteiger partial charge in [-0.05, 0) is 24.5 Å². The highest BCUT2D eigenvalue weighted by Crippen LogP contribution is 2.27. The molecular weight excluding hydrogens is 271 g/mol. The lowest BCUT2D eigenvalue weighted by molar-refractivity contribution is -0.141. The number of halogens is 3. The van der Waals surface area contributed by atoms with Gasteiger partial charge < -0.3 is 10.6 Å². The van der Waals surface area contributed by atoms with Crippen molar-refractivity contribution >= 4 is 5.91 Å². The molecule has 0 bridgehead atoms. The van der Waals surface area contributed by atoms with E-state index in [0.29, 0.717) is 13.1 Å². The summed E-state index contributed by atoms with van der Waals surface area (Å²) >= 11 is 0. The van der Waals surface area contributed by atoms with Crippen LogP contribution in [0.5, 0.6) is 0 Å². The standard InChI is InChI=1S/C13H16F3N3O/c1-8-4-10(17)7-19(6-8)12(20)9-2-3-11(18-5-9)13(14,15)16/h2-3,5,8,10H,4,6-7,17H2,1H3. The molecule has 110 valence electrons. The van der Waals surface area contributed by atoms with Crippen LogP contribution in [0.3, 0.4) is 0 Å². The summed E-state index contributed by atoms with van der Waals surface area (Å²) in [6.45, 7) is 2.97. The van der Waals surface area contributed by atoms with E-state index < -0.39 is 11.9 Å². The zero-order valence-electron chi connectivity index (χ0n) is 11.0. The van der Waals surface area contributed by atoms with Gasteiger partial charge >= 0.3 is 6.18 Å². The molecular formula is C13H16F3N3O. The van der Waals surface area contributed by atoms with Crippen molar-refractivity contribution in [1.82, 2.24) is 9.88 Å². The summed E-state index contributed by atoms with van der Waals surface area (Å²) in [6.07, 6.45) is -2.69. The van der Waals surface area contributed by atoms with Crippen LogP contribution in [0.1, 0.15) is 29.4 Å². The van der Waals surface area contributed by atoms with Crippen LogP contribution in [0.2, 0.25) is 0 Å². The topological polar surface area (TPSA) is 59.2 Å². The van der Waals surface area contributed by atoms with Crippen molar-refractivity contribution < 1.29 is 18.0 Å². The number of hydrogen-bond donors (Lipinski definition) is 1. The fourth-order valence-corrected chi connectivity index (χ4v) is 2.44. The van der Waals surface area contributed by atoms with Gasteiger partial charge in [0.2, 0.25) is 0 Å². The minimum absolute atomic E-state index is 0.0925. The van der Waals surface area contributed by atoms with Crippen LogP contribution in [0.25, 0.3) is 0 Å². The van der Waals surface area contributed by atoms with Crippen LogP contribution in [0, 0.1) is 5.92 Å². The third-order valence-electron chi connectivity index (χ3n) is 3.28. The molecule has 0 spiro atoms. The second-order valence-corrected chi connectivity index (χ2v) is 5.24. The van der Waals surface area contributed by atoms with Crippen LogP contribution in [0.4, 0.5) is 13.2 Å². The van der Waals surface area contributed by atoms with Crippen molar-refractivity contribution in [2.24, 2.45) is 11.7 Å². The molecule has 0 aromatic carbocycles. The van der Waals surface area contributed by atoms with Gasteiger partial charge in [-0.3, -0.25) is 9.78 Å². The zero-order chi connectivity index (χ0) is 14.9. The molecule has 0 saturated carbocycles. The molecule has 7 heteroatoms. The van der Waals surface area contributed by atoms with Crippen LogP contribution in [-0.4, -0.2) is 34.9 Å². The Balaban J connectivity index is 2.13. The summed E-state index contributed by atoms with van der Waals surface area (Å²) in [6, 6.07) is 1.88. The van der Waals surface area contributed by atoms with Gasteiger partial charge in [-0.15, -0.1) is 0 Å². The molecule has 4 nitrogen and oxygen atoms in total. The largest absolute Gasteiger partial charge is 0.433 e. The van der Waals surface area contributed by atoms with E-state index in [1.54, 1.807) is 4.90 Å². The normalized spacial score (nSPS) is 23.8. The van der Waals surface area contributed by atoms with E-state index in [-0.39, 0.29) is 23.4 Å². The Morgan fingerprint density at radius 2 is 2.10 bits per heavy atom. The molecule has 2 atom stereocenters. The predicted octanol–water partition coefficient (Wildman–Crippen LogP) is 1.91. The lowest BCUT2D eigenvalue weighted by atomic mass is 9.96. The SMILES string of the molecule is CC1CC(N)CN(C(=O)c2ccc(C(F)(F)F)nc2)C1. The maximum atomic E-state index is 12.4. The fourth-order valence-electron chi connectivity index (χ4n) is 2.44. The maximum Gasteiger partial charge on any atom is 0.433 e. The predicted molar refractivity (Wildman–Crippen MR) is 66.9 cm³/mol. The molecule has 0 aliphatic carbocycles. The molecule has 2 unspecified atom stereocenters. The molecule has 1 aliphatic rings. The number of pyridine rings is 1. The van der Waals surface area contributed by atoms with Gasteiger partial charge in [-0.25, -0.2) is 0 Å². The third kappa shape index (κ3) is 3.27. The average Bonchev–Trinajstić information content (AvgIpc) is 2.36. The second kappa shape index (κ2) is 5.40. The molecule has 2 N–H and O–H groups in total. The summed E-state index contributed by atoms with van der Waals surface area (Å²) in [4.78, 5) is 17.1. The highest BCUT2D eigenvalue weighted by Gasteiger charge is 2.33. The van der Waals surface area contributed by atoms with E-state index in [4.69, 9.17) is 5.73 Å². The Labute approximate surface area is 114 Å². The van der Waals surface area contributed by atoms with Crippen molar-refractivity contribution in [2.75, 3.05) is 13.1 Å². The van der Waals surface area contributed by atoms with E-state index in [2.05, 4.69) is 4.98 Å². The van der Waals surface area contributed by atoms with Gasteiger partial charge in [0.05, 0.1) is 5.56 Å². The molecule has 0 radical (unpaired) electrons. The van der Waals surface area contributed by atoms with Crippen molar-refractivity contribution in [3.05, 3.63) is 29.6 Å². The van der Waals surface area contributed by atoms with Crippen molar-refractivity contribution in [3.63, 3.8) is 0 Å². The van der Waals surface area contributed by atoms with Gasteiger partial charge in [0.15, 0.2) is 0 Å². The number of nitrogens with two attached hydrogens (primary N) is 1. The summed E-state index contributed by atoms with van der Waals surface area (Å²) in [5, 5.41) is 0. The van der Waals surface area contributed by atoms with Crippen LogP contribution in [-0.2, 0) is 6.18 Å². The number of carbonyl (C=O) groups is 1. The Morgan fingerprint density at radius 1 is 1.40 bits per heavy atom. The Kier molecular flexibility index (Phi) is 3.99. The minimum Gasteiger partial charge on any atom is -0.337 e. The van der Waals surface area contributed by atoms with E-state index in [0.717, 1.165) is 24.8 Å². The molecule has 1 aromatic heterocycles. The fraction of sp³-hybridized carbons (Fsp3) is 0.538.